The first kappa shape index (κ1) is 19.0. The number of hydrogen-bond donors (Lipinski definition) is 1. The molecule has 0 radical (unpaired) electrons. The number of methoxy groups -OCH3 is 2. The monoisotopic (exact) mass is 356 g/mol. The molecule has 1 saturated carbocycles. The van der Waals surface area contributed by atoms with Gasteiger partial charge in [-0.3, -0.25) is 0 Å². The molecule has 0 saturated heterocycles. The van der Waals surface area contributed by atoms with Crippen LogP contribution in [0.5, 0.6) is 11.5 Å². The van der Waals surface area contributed by atoms with Gasteiger partial charge in [0.1, 0.15) is 0 Å². The molecule has 1 aromatic rings. The molecule has 6 nitrogen and oxygen atoms in total. The standard InChI is InChI=1S/C17H28N2O4S/c1-19(2)24(20,21)18-13-17(10-6-5-7-11-17)14-8-9-15(22-3)16(12-14)23-4/h8-9,12,18H,5-7,10-11,13H2,1-4H3. The second-order valence-electron chi connectivity index (χ2n) is 6.52. The molecular formula is C17H28N2O4S. The summed E-state index contributed by atoms with van der Waals surface area (Å²) in [6, 6.07) is 5.90. The molecule has 1 aromatic carbocycles. The number of hydrogen-bond acceptors (Lipinski definition) is 4. The summed E-state index contributed by atoms with van der Waals surface area (Å²) in [5.74, 6) is 1.36. The highest BCUT2D eigenvalue weighted by Crippen LogP contribution is 2.42. The summed E-state index contributed by atoms with van der Waals surface area (Å²) in [4.78, 5) is 0. The van der Waals surface area contributed by atoms with Gasteiger partial charge in [-0.05, 0) is 30.5 Å². The van der Waals surface area contributed by atoms with Crippen LogP contribution in [0.25, 0.3) is 0 Å². The predicted molar refractivity (Wildman–Crippen MR) is 94.9 cm³/mol. The molecule has 0 aliphatic heterocycles. The summed E-state index contributed by atoms with van der Waals surface area (Å²) in [5.41, 5.74) is 0.891. The molecule has 0 amide bonds. The van der Waals surface area contributed by atoms with Gasteiger partial charge in [-0.1, -0.05) is 25.3 Å². The zero-order chi connectivity index (χ0) is 17.8. The highest BCUT2D eigenvalue weighted by atomic mass is 32.2. The second kappa shape index (κ2) is 7.72. The average molecular weight is 356 g/mol. The van der Waals surface area contributed by atoms with Gasteiger partial charge >= 0.3 is 0 Å². The molecule has 2 rings (SSSR count). The third-order valence-electron chi connectivity index (χ3n) is 4.88. The van der Waals surface area contributed by atoms with Crippen molar-refractivity contribution in [2.45, 2.75) is 37.5 Å². The summed E-state index contributed by atoms with van der Waals surface area (Å²) in [5, 5.41) is 0. The maximum absolute atomic E-state index is 12.1. The summed E-state index contributed by atoms with van der Waals surface area (Å²) >= 11 is 0. The normalized spacial score (nSPS) is 17.7. The topological polar surface area (TPSA) is 67.9 Å². The number of nitrogens with one attached hydrogen (secondary N) is 1. The average Bonchev–Trinajstić information content (AvgIpc) is 2.60. The third-order valence-corrected chi connectivity index (χ3v) is 6.35. The Hall–Kier alpha value is -1.31. The van der Waals surface area contributed by atoms with Gasteiger partial charge in [0.2, 0.25) is 0 Å². The van der Waals surface area contributed by atoms with Crippen molar-refractivity contribution in [3.63, 3.8) is 0 Å². The van der Waals surface area contributed by atoms with Crippen molar-refractivity contribution in [2.75, 3.05) is 34.9 Å². The lowest BCUT2D eigenvalue weighted by molar-refractivity contribution is 0.288. The molecular weight excluding hydrogens is 328 g/mol. The Balaban J connectivity index is 2.34. The number of ether oxygens (including phenoxy) is 2. The Morgan fingerprint density at radius 3 is 2.25 bits per heavy atom. The van der Waals surface area contributed by atoms with Crippen molar-refractivity contribution < 1.29 is 17.9 Å². The van der Waals surface area contributed by atoms with Crippen LogP contribution in [0, 0.1) is 0 Å². The number of nitrogens with zero attached hydrogens (tertiary/aromatic N) is 1. The van der Waals surface area contributed by atoms with E-state index in [0.717, 1.165) is 31.2 Å². The van der Waals surface area contributed by atoms with Crippen LogP contribution in [0.2, 0.25) is 0 Å². The van der Waals surface area contributed by atoms with E-state index < -0.39 is 10.2 Å². The molecule has 1 aliphatic rings. The smallest absolute Gasteiger partial charge is 0.278 e. The minimum atomic E-state index is -3.44. The number of benzene rings is 1. The SMILES string of the molecule is COc1ccc(C2(CNS(=O)(=O)N(C)C)CCCCC2)cc1OC. The summed E-state index contributed by atoms with van der Waals surface area (Å²) < 4.78 is 39.0. The van der Waals surface area contributed by atoms with Gasteiger partial charge in [0.05, 0.1) is 14.2 Å². The minimum Gasteiger partial charge on any atom is -0.493 e. The summed E-state index contributed by atoms with van der Waals surface area (Å²) in [7, 11) is 2.85. The molecule has 0 unspecified atom stereocenters. The lowest BCUT2D eigenvalue weighted by atomic mass is 9.69. The Kier molecular flexibility index (Phi) is 6.11. The first-order valence-electron chi connectivity index (χ1n) is 8.24. The molecule has 1 N–H and O–H groups in total. The first-order valence-corrected chi connectivity index (χ1v) is 9.68. The van der Waals surface area contributed by atoms with Crippen LogP contribution in [-0.4, -0.2) is 47.6 Å². The Morgan fingerprint density at radius 1 is 1.08 bits per heavy atom. The van der Waals surface area contributed by atoms with Crippen LogP contribution in [0.15, 0.2) is 18.2 Å². The van der Waals surface area contributed by atoms with E-state index in [9.17, 15) is 8.42 Å². The van der Waals surface area contributed by atoms with E-state index in [1.54, 1.807) is 14.2 Å². The fourth-order valence-electron chi connectivity index (χ4n) is 3.32. The predicted octanol–water partition coefficient (Wildman–Crippen LogP) is 2.30. The molecule has 7 heteroatoms. The molecule has 0 spiro atoms. The highest BCUT2D eigenvalue weighted by Gasteiger charge is 2.36. The summed E-state index contributed by atoms with van der Waals surface area (Å²) in [6.45, 7) is 0.392. The summed E-state index contributed by atoms with van der Waals surface area (Å²) in [6.07, 6.45) is 5.29. The fraction of sp³-hybridized carbons (Fsp3) is 0.647. The molecule has 136 valence electrons. The van der Waals surface area contributed by atoms with Crippen LogP contribution >= 0.6 is 0 Å². The zero-order valence-corrected chi connectivity index (χ0v) is 15.8. The van der Waals surface area contributed by atoms with E-state index in [-0.39, 0.29) is 5.41 Å². The van der Waals surface area contributed by atoms with Gasteiger partial charge in [-0.15, -0.1) is 0 Å². The van der Waals surface area contributed by atoms with E-state index in [1.165, 1.54) is 24.8 Å². The molecule has 24 heavy (non-hydrogen) atoms. The van der Waals surface area contributed by atoms with Crippen LogP contribution in [0.3, 0.4) is 0 Å². The Labute approximate surface area is 145 Å². The van der Waals surface area contributed by atoms with Crippen molar-refractivity contribution in [3.05, 3.63) is 23.8 Å². The third kappa shape index (κ3) is 4.02. The van der Waals surface area contributed by atoms with Gasteiger partial charge in [0.15, 0.2) is 11.5 Å². The quantitative estimate of drug-likeness (QED) is 0.814. The zero-order valence-electron chi connectivity index (χ0n) is 15.0. The Morgan fingerprint density at radius 2 is 1.71 bits per heavy atom. The fourth-order valence-corrected chi connectivity index (χ4v) is 4.04. The van der Waals surface area contributed by atoms with Gasteiger partial charge in [-0.2, -0.15) is 12.7 Å². The maximum Gasteiger partial charge on any atom is 0.278 e. The van der Waals surface area contributed by atoms with Crippen LogP contribution < -0.4 is 14.2 Å². The van der Waals surface area contributed by atoms with Crippen molar-refractivity contribution in [1.82, 2.24) is 9.03 Å². The van der Waals surface area contributed by atoms with Gasteiger partial charge in [-0.25, -0.2) is 4.72 Å². The van der Waals surface area contributed by atoms with Gasteiger partial charge in [0, 0.05) is 26.1 Å². The largest absolute Gasteiger partial charge is 0.493 e. The lowest BCUT2D eigenvalue weighted by Gasteiger charge is -2.38. The van der Waals surface area contributed by atoms with E-state index in [0.29, 0.717) is 18.0 Å². The van der Waals surface area contributed by atoms with Crippen LogP contribution in [0.1, 0.15) is 37.7 Å². The highest BCUT2D eigenvalue weighted by molar-refractivity contribution is 7.87. The maximum atomic E-state index is 12.1. The van der Waals surface area contributed by atoms with Crippen molar-refractivity contribution in [1.29, 1.82) is 0 Å². The van der Waals surface area contributed by atoms with E-state index >= 15 is 0 Å². The molecule has 0 heterocycles. The number of rotatable bonds is 7. The van der Waals surface area contributed by atoms with Crippen molar-refractivity contribution in [3.8, 4) is 11.5 Å². The van der Waals surface area contributed by atoms with Crippen LogP contribution in [-0.2, 0) is 15.6 Å². The van der Waals surface area contributed by atoms with E-state index in [1.807, 2.05) is 18.2 Å². The minimum absolute atomic E-state index is 0.207. The van der Waals surface area contributed by atoms with Gasteiger partial charge in [0.25, 0.3) is 10.2 Å². The van der Waals surface area contributed by atoms with Crippen LogP contribution in [0.4, 0.5) is 0 Å². The molecule has 0 aromatic heterocycles. The second-order valence-corrected chi connectivity index (χ2v) is 8.49. The van der Waals surface area contributed by atoms with E-state index in [4.69, 9.17) is 9.47 Å². The van der Waals surface area contributed by atoms with Crippen molar-refractivity contribution >= 4 is 10.2 Å². The molecule has 0 atom stereocenters. The lowest BCUT2D eigenvalue weighted by Crippen LogP contribution is -2.45. The molecule has 1 fully saturated rings. The van der Waals surface area contributed by atoms with Gasteiger partial charge < -0.3 is 9.47 Å². The first-order chi connectivity index (χ1) is 11.3. The van der Waals surface area contributed by atoms with E-state index in [2.05, 4.69) is 4.72 Å². The Bertz CT molecular complexity index is 653. The molecule has 1 aliphatic carbocycles. The van der Waals surface area contributed by atoms with Crippen molar-refractivity contribution in [2.24, 2.45) is 0 Å². The molecule has 0 bridgehead atoms.